The average Bonchev–Trinajstić information content (AvgIpc) is 3.68. The molecule has 0 atom stereocenters. The predicted molar refractivity (Wildman–Crippen MR) is 150 cm³/mol. The van der Waals surface area contributed by atoms with Crippen LogP contribution in [0.4, 0.5) is 0 Å². The number of nitrogens with zero attached hydrogens (tertiary/aromatic N) is 6. The first kappa shape index (κ1) is 27.9. The quantitative estimate of drug-likeness (QED) is 0.269. The fraction of sp³-hybridized carbons (Fsp3) is 0.333. The first-order valence-corrected chi connectivity index (χ1v) is 12.9. The number of carbonyl (C=O) groups is 1. The number of aromatic nitrogens is 5. The monoisotopic (exact) mass is 542 g/mol. The molecule has 1 aromatic carbocycles. The molecule has 0 N–H and O–H groups in total. The highest BCUT2D eigenvalue weighted by molar-refractivity contribution is 5.87. The van der Waals surface area contributed by atoms with E-state index in [1.165, 1.54) is 0 Å². The van der Waals surface area contributed by atoms with Crippen molar-refractivity contribution in [3.63, 3.8) is 0 Å². The highest BCUT2D eigenvalue weighted by Gasteiger charge is 2.52. The van der Waals surface area contributed by atoms with E-state index in [4.69, 9.17) is 14.7 Å². The molecule has 3 aromatic heterocycles. The van der Waals surface area contributed by atoms with Crippen LogP contribution in [-0.4, -0.2) is 37.3 Å². The van der Waals surface area contributed by atoms with Gasteiger partial charge in [0.1, 0.15) is 0 Å². The first-order valence-electron chi connectivity index (χ1n) is 12.9. The van der Waals surface area contributed by atoms with Crippen LogP contribution >= 0.6 is 12.4 Å². The smallest absolute Gasteiger partial charge is 0.316 e. The van der Waals surface area contributed by atoms with Gasteiger partial charge < -0.3 is 4.74 Å². The van der Waals surface area contributed by atoms with Gasteiger partial charge in [0.05, 0.1) is 52.6 Å². The summed E-state index contributed by atoms with van der Waals surface area (Å²) in [6, 6.07) is 11.9. The fourth-order valence-corrected chi connectivity index (χ4v) is 4.75. The zero-order valence-corrected chi connectivity index (χ0v) is 23.3. The zero-order valence-electron chi connectivity index (χ0n) is 22.5. The molecule has 1 fully saturated rings. The van der Waals surface area contributed by atoms with Gasteiger partial charge in [-0.2, -0.15) is 10.4 Å². The van der Waals surface area contributed by atoms with E-state index in [9.17, 15) is 10.1 Å². The van der Waals surface area contributed by atoms with Crippen LogP contribution in [0.3, 0.4) is 0 Å². The second-order valence-corrected chi connectivity index (χ2v) is 10.0. The number of aryl methyl sites for hydroxylation is 1. The van der Waals surface area contributed by atoms with Gasteiger partial charge in [-0.25, -0.2) is 0 Å². The molecule has 1 aliphatic rings. The molecule has 0 bridgehead atoms. The van der Waals surface area contributed by atoms with Crippen LogP contribution in [0, 0.1) is 11.3 Å². The Bertz CT molecular complexity index is 1530. The average molecular weight is 543 g/mol. The highest BCUT2D eigenvalue weighted by atomic mass is 35.5. The van der Waals surface area contributed by atoms with Gasteiger partial charge in [-0.3, -0.25) is 24.4 Å². The van der Waals surface area contributed by atoms with Crippen molar-refractivity contribution in [2.24, 2.45) is 7.05 Å². The van der Waals surface area contributed by atoms with Gasteiger partial charge in [-0.15, -0.1) is 12.4 Å². The Morgan fingerprint density at radius 1 is 1.13 bits per heavy atom. The molecule has 1 aliphatic carbocycles. The van der Waals surface area contributed by atoms with E-state index in [2.05, 4.69) is 30.0 Å². The normalized spacial score (nSPS) is 13.4. The predicted octanol–water partition coefficient (Wildman–Crippen LogP) is 5.54. The summed E-state index contributed by atoms with van der Waals surface area (Å²) in [4.78, 5) is 26.4. The van der Waals surface area contributed by atoms with Crippen molar-refractivity contribution in [3.05, 3.63) is 83.3 Å². The summed E-state index contributed by atoms with van der Waals surface area (Å²) in [5.74, 6) is 0.0897. The van der Waals surface area contributed by atoms with Gasteiger partial charge in [0.2, 0.25) is 0 Å². The number of esters is 1. The van der Waals surface area contributed by atoms with Gasteiger partial charge in [0, 0.05) is 48.7 Å². The van der Waals surface area contributed by atoms with Gasteiger partial charge >= 0.3 is 5.97 Å². The number of pyridine rings is 1. The Labute approximate surface area is 234 Å². The third kappa shape index (κ3) is 5.41. The van der Waals surface area contributed by atoms with E-state index in [0.717, 1.165) is 57.9 Å². The second kappa shape index (κ2) is 11.3. The standard InChI is InChI=1S/C30H30N6O2.ClH/c1-5-38-29(37)30(10-11-30)22-7-8-24(21(12-22)14-31)20-6-9-26(33-15-20)25-17-34-36(4)28(25)13-23-16-32-18-27(35-23)19(2)3;/h6-9,12,15-19H,5,10-11,13H2,1-4H3;1H. The molecule has 0 spiro atoms. The Morgan fingerprint density at radius 3 is 2.56 bits per heavy atom. The SMILES string of the molecule is CCOC(=O)C1(c2ccc(-c3ccc(-c4cnn(C)c4Cc4cncc(C(C)C)n4)nc3)c(C#N)c2)CC1.Cl. The Balaban J connectivity index is 0.00000353. The molecular weight excluding hydrogens is 512 g/mol. The topological polar surface area (TPSA) is 107 Å². The lowest BCUT2D eigenvalue weighted by Gasteiger charge is -2.16. The Hall–Kier alpha value is -4.09. The summed E-state index contributed by atoms with van der Waals surface area (Å²) in [6.07, 6.45) is 9.27. The molecule has 0 radical (unpaired) electrons. The molecule has 0 unspecified atom stereocenters. The number of halogens is 1. The van der Waals surface area contributed by atoms with Crippen LogP contribution in [-0.2, 0) is 28.4 Å². The number of nitriles is 1. The van der Waals surface area contributed by atoms with Crippen LogP contribution in [0.5, 0.6) is 0 Å². The molecule has 0 amide bonds. The third-order valence-corrected chi connectivity index (χ3v) is 7.16. The van der Waals surface area contributed by atoms with E-state index in [1.54, 1.807) is 19.3 Å². The fourth-order valence-electron chi connectivity index (χ4n) is 4.75. The van der Waals surface area contributed by atoms with Crippen LogP contribution in [0.1, 0.15) is 67.7 Å². The lowest BCUT2D eigenvalue weighted by Crippen LogP contribution is -2.23. The van der Waals surface area contributed by atoms with Gasteiger partial charge in [-0.1, -0.05) is 32.0 Å². The maximum Gasteiger partial charge on any atom is 0.316 e. The first-order chi connectivity index (χ1) is 18.4. The number of benzene rings is 1. The van der Waals surface area contributed by atoms with Crippen molar-refractivity contribution >= 4 is 18.4 Å². The molecule has 39 heavy (non-hydrogen) atoms. The molecule has 0 aliphatic heterocycles. The van der Waals surface area contributed by atoms with E-state index in [-0.39, 0.29) is 18.4 Å². The van der Waals surface area contributed by atoms with Crippen LogP contribution in [0.15, 0.2) is 55.1 Å². The van der Waals surface area contributed by atoms with E-state index < -0.39 is 5.41 Å². The Kier molecular flexibility index (Phi) is 8.12. The molecule has 4 aromatic rings. The summed E-state index contributed by atoms with van der Waals surface area (Å²) in [7, 11) is 1.91. The lowest BCUT2D eigenvalue weighted by molar-refractivity contribution is -0.146. The van der Waals surface area contributed by atoms with Crippen LogP contribution in [0.2, 0.25) is 0 Å². The van der Waals surface area contributed by atoms with Crippen molar-refractivity contribution in [2.75, 3.05) is 6.61 Å². The minimum atomic E-state index is -0.613. The van der Waals surface area contributed by atoms with E-state index >= 15 is 0 Å². The maximum atomic E-state index is 12.5. The van der Waals surface area contributed by atoms with Crippen molar-refractivity contribution in [3.8, 4) is 28.5 Å². The number of carbonyl (C=O) groups excluding carboxylic acids is 1. The lowest BCUT2D eigenvalue weighted by atomic mass is 9.91. The highest BCUT2D eigenvalue weighted by Crippen LogP contribution is 2.50. The van der Waals surface area contributed by atoms with Crippen LogP contribution < -0.4 is 0 Å². The molecule has 8 nitrogen and oxygen atoms in total. The largest absolute Gasteiger partial charge is 0.465 e. The van der Waals surface area contributed by atoms with E-state index in [1.807, 2.05) is 54.5 Å². The number of ether oxygens (including phenoxy) is 1. The molecule has 5 rings (SSSR count). The summed E-state index contributed by atoms with van der Waals surface area (Å²) in [6.45, 7) is 6.36. The second-order valence-electron chi connectivity index (χ2n) is 10.0. The molecular formula is C30H31ClN6O2. The molecule has 9 heteroatoms. The summed E-state index contributed by atoms with van der Waals surface area (Å²) < 4.78 is 7.13. The summed E-state index contributed by atoms with van der Waals surface area (Å²) in [5, 5.41) is 14.4. The van der Waals surface area contributed by atoms with Crippen LogP contribution in [0.25, 0.3) is 22.4 Å². The molecule has 1 saturated carbocycles. The zero-order chi connectivity index (χ0) is 26.9. The maximum absolute atomic E-state index is 12.5. The number of hydrogen-bond donors (Lipinski definition) is 0. The summed E-state index contributed by atoms with van der Waals surface area (Å²) >= 11 is 0. The summed E-state index contributed by atoms with van der Waals surface area (Å²) in [5.41, 5.74) is 6.91. The minimum absolute atomic E-state index is 0. The number of rotatable bonds is 8. The molecule has 3 heterocycles. The van der Waals surface area contributed by atoms with Gasteiger partial charge in [-0.05, 0) is 43.4 Å². The Morgan fingerprint density at radius 2 is 1.92 bits per heavy atom. The molecule has 200 valence electrons. The number of hydrogen-bond acceptors (Lipinski definition) is 7. The van der Waals surface area contributed by atoms with Gasteiger partial charge in [0.15, 0.2) is 0 Å². The van der Waals surface area contributed by atoms with Gasteiger partial charge in [0.25, 0.3) is 0 Å². The third-order valence-electron chi connectivity index (χ3n) is 7.16. The molecule has 0 saturated heterocycles. The van der Waals surface area contributed by atoms with Crippen molar-refractivity contribution in [1.82, 2.24) is 24.7 Å². The van der Waals surface area contributed by atoms with Crippen molar-refractivity contribution in [1.29, 1.82) is 5.26 Å². The minimum Gasteiger partial charge on any atom is -0.465 e. The van der Waals surface area contributed by atoms with Crippen molar-refractivity contribution < 1.29 is 9.53 Å². The van der Waals surface area contributed by atoms with E-state index in [0.29, 0.717) is 24.5 Å². The van der Waals surface area contributed by atoms with Crippen molar-refractivity contribution in [2.45, 2.75) is 51.4 Å².